The van der Waals surface area contributed by atoms with Crippen molar-refractivity contribution in [2.45, 2.75) is 18.9 Å². The van der Waals surface area contributed by atoms with Crippen LogP contribution >= 0.6 is 0 Å². The summed E-state index contributed by atoms with van der Waals surface area (Å²) < 4.78 is 11.0. The van der Waals surface area contributed by atoms with E-state index in [0.29, 0.717) is 12.0 Å². The molecule has 0 radical (unpaired) electrons. The molecule has 0 aliphatic carbocycles. The lowest BCUT2D eigenvalue weighted by molar-refractivity contribution is 0.148. The van der Waals surface area contributed by atoms with Crippen molar-refractivity contribution in [1.29, 1.82) is 0 Å². The van der Waals surface area contributed by atoms with Crippen molar-refractivity contribution >= 4 is 0 Å². The summed E-state index contributed by atoms with van der Waals surface area (Å²) in [6.45, 7) is 4.54. The molecule has 1 aromatic rings. The van der Waals surface area contributed by atoms with Crippen LogP contribution in [0.1, 0.15) is 18.4 Å². The van der Waals surface area contributed by atoms with Gasteiger partial charge in [0.15, 0.2) is 0 Å². The molecule has 0 spiro atoms. The van der Waals surface area contributed by atoms with Crippen LogP contribution < -0.4 is 10.1 Å². The first-order valence-corrected chi connectivity index (χ1v) is 5.80. The van der Waals surface area contributed by atoms with Gasteiger partial charge in [-0.15, -0.1) is 0 Å². The van der Waals surface area contributed by atoms with Gasteiger partial charge in [0.25, 0.3) is 0 Å². The molecule has 88 valence electrons. The predicted octanol–water partition coefficient (Wildman–Crippen LogP) is 1.79. The largest absolute Gasteiger partial charge is 0.493 e. The van der Waals surface area contributed by atoms with E-state index in [2.05, 4.69) is 24.4 Å². The van der Waals surface area contributed by atoms with Crippen LogP contribution in [-0.4, -0.2) is 32.9 Å². The first-order valence-electron chi connectivity index (χ1n) is 5.80. The molecule has 1 aromatic carbocycles. The van der Waals surface area contributed by atoms with Gasteiger partial charge >= 0.3 is 0 Å². The molecule has 2 rings (SSSR count). The maximum absolute atomic E-state index is 5.69. The van der Waals surface area contributed by atoms with Crippen molar-refractivity contribution in [3.05, 3.63) is 29.8 Å². The predicted molar refractivity (Wildman–Crippen MR) is 64.0 cm³/mol. The van der Waals surface area contributed by atoms with Crippen LogP contribution in [0.4, 0.5) is 0 Å². The summed E-state index contributed by atoms with van der Waals surface area (Å²) in [6, 6.07) is 8.59. The van der Waals surface area contributed by atoms with Gasteiger partial charge in [-0.25, -0.2) is 0 Å². The minimum absolute atomic E-state index is 0.332. The van der Waals surface area contributed by atoms with E-state index in [9.17, 15) is 0 Å². The van der Waals surface area contributed by atoms with Crippen LogP contribution in [0.5, 0.6) is 5.75 Å². The number of benzene rings is 1. The Labute approximate surface area is 96.8 Å². The average molecular weight is 221 g/mol. The van der Waals surface area contributed by atoms with Crippen molar-refractivity contribution in [1.82, 2.24) is 5.32 Å². The molecule has 0 saturated heterocycles. The van der Waals surface area contributed by atoms with Crippen LogP contribution in [-0.2, 0) is 4.74 Å². The fourth-order valence-electron chi connectivity index (χ4n) is 2.28. The number of rotatable bonds is 5. The van der Waals surface area contributed by atoms with Gasteiger partial charge in [-0.3, -0.25) is 0 Å². The molecule has 0 saturated carbocycles. The zero-order valence-corrected chi connectivity index (χ0v) is 9.90. The van der Waals surface area contributed by atoms with Crippen LogP contribution in [0.2, 0.25) is 0 Å². The van der Waals surface area contributed by atoms with Gasteiger partial charge in [0.2, 0.25) is 0 Å². The highest BCUT2D eigenvalue weighted by Crippen LogP contribution is 2.35. The molecule has 1 aliphatic heterocycles. The number of para-hydroxylation sites is 1. The van der Waals surface area contributed by atoms with E-state index in [-0.39, 0.29) is 0 Å². The molecular weight excluding hydrogens is 202 g/mol. The standard InChI is InChI=1S/C13H19NO2/c1-3-14-12(9-15-2)11-8-16-13-7-5-4-6-10(11)13/h4-7,11-12,14H,3,8-9H2,1-2H3. The first-order chi connectivity index (χ1) is 7.86. The third-order valence-electron chi connectivity index (χ3n) is 3.04. The highest BCUT2D eigenvalue weighted by Gasteiger charge is 2.30. The van der Waals surface area contributed by atoms with Crippen molar-refractivity contribution < 1.29 is 9.47 Å². The second kappa shape index (κ2) is 5.32. The maximum atomic E-state index is 5.69. The smallest absolute Gasteiger partial charge is 0.122 e. The normalized spacial score (nSPS) is 20.2. The third-order valence-corrected chi connectivity index (χ3v) is 3.04. The first kappa shape index (κ1) is 11.4. The van der Waals surface area contributed by atoms with Gasteiger partial charge in [0.1, 0.15) is 5.75 Å². The summed E-state index contributed by atoms with van der Waals surface area (Å²) in [5.41, 5.74) is 1.30. The van der Waals surface area contributed by atoms with Crippen LogP contribution in [0, 0.1) is 0 Å². The Morgan fingerprint density at radius 2 is 2.31 bits per heavy atom. The van der Waals surface area contributed by atoms with Crippen molar-refractivity contribution in [3.63, 3.8) is 0 Å². The monoisotopic (exact) mass is 221 g/mol. The molecule has 2 unspecified atom stereocenters. The maximum Gasteiger partial charge on any atom is 0.122 e. The average Bonchev–Trinajstić information content (AvgIpc) is 2.72. The molecule has 0 aromatic heterocycles. The molecule has 1 aliphatic rings. The van der Waals surface area contributed by atoms with Crippen LogP contribution in [0.15, 0.2) is 24.3 Å². The molecular formula is C13H19NO2. The van der Waals surface area contributed by atoms with Crippen LogP contribution in [0.3, 0.4) is 0 Å². The zero-order chi connectivity index (χ0) is 11.4. The quantitative estimate of drug-likeness (QED) is 0.822. The minimum atomic E-state index is 0.332. The molecule has 1 N–H and O–H groups in total. The summed E-state index contributed by atoms with van der Waals surface area (Å²) in [4.78, 5) is 0. The highest BCUT2D eigenvalue weighted by molar-refractivity contribution is 5.40. The number of hydrogen-bond donors (Lipinski definition) is 1. The lowest BCUT2D eigenvalue weighted by Crippen LogP contribution is -2.39. The second-order valence-electron chi connectivity index (χ2n) is 4.07. The Bertz CT molecular complexity index is 334. The summed E-state index contributed by atoms with van der Waals surface area (Å²) in [5.74, 6) is 1.42. The Morgan fingerprint density at radius 3 is 3.06 bits per heavy atom. The topological polar surface area (TPSA) is 30.5 Å². The number of hydrogen-bond acceptors (Lipinski definition) is 3. The van der Waals surface area contributed by atoms with Crippen molar-refractivity contribution in [2.24, 2.45) is 0 Å². The molecule has 0 amide bonds. The summed E-state index contributed by atoms with van der Waals surface area (Å²) in [5, 5.41) is 3.46. The minimum Gasteiger partial charge on any atom is -0.493 e. The van der Waals surface area contributed by atoms with E-state index in [4.69, 9.17) is 9.47 Å². The highest BCUT2D eigenvalue weighted by atomic mass is 16.5. The van der Waals surface area contributed by atoms with Gasteiger partial charge in [-0.1, -0.05) is 25.1 Å². The molecule has 3 nitrogen and oxygen atoms in total. The zero-order valence-electron chi connectivity index (χ0n) is 9.90. The Morgan fingerprint density at radius 1 is 1.50 bits per heavy atom. The van der Waals surface area contributed by atoms with Gasteiger partial charge in [0, 0.05) is 24.6 Å². The van der Waals surface area contributed by atoms with E-state index >= 15 is 0 Å². The number of ether oxygens (including phenoxy) is 2. The Kier molecular flexibility index (Phi) is 3.80. The third kappa shape index (κ3) is 2.20. The lowest BCUT2D eigenvalue weighted by atomic mass is 9.94. The number of fused-ring (bicyclic) bond motifs is 1. The van der Waals surface area contributed by atoms with E-state index in [0.717, 1.165) is 25.5 Å². The van der Waals surface area contributed by atoms with Crippen molar-refractivity contribution in [2.75, 3.05) is 26.9 Å². The van der Waals surface area contributed by atoms with Gasteiger partial charge in [-0.2, -0.15) is 0 Å². The Balaban J connectivity index is 2.15. The molecule has 0 fully saturated rings. The Hall–Kier alpha value is -1.06. The number of likely N-dealkylation sites (N-methyl/N-ethyl adjacent to an activating group) is 1. The van der Waals surface area contributed by atoms with E-state index in [1.807, 2.05) is 12.1 Å². The molecule has 3 heteroatoms. The van der Waals surface area contributed by atoms with Gasteiger partial charge in [-0.05, 0) is 12.6 Å². The molecule has 2 atom stereocenters. The summed E-state index contributed by atoms with van der Waals surface area (Å²) in [6.07, 6.45) is 0. The van der Waals surface area contributed by atoms with E-state index < -0.39 is 0 Å². The van der Waals surface area contributed by atoms with Gasteiger partial charge in [0.05, 0.1) is 13.2 Å². The number of nitrogens with one attached hydrogen (secondary N) is 1. The summed E-state index contributed by atoms with van der Waals surface area (Å²) >= 11 is 0. The van der Waals surface area contributed by atoms with E-state index in [1.165, 1.54) is 5.56 Å². The SMILES string of the molecule is CCNC(COC)C1COc2ccccc21. The number of methoxy groups -OCH3 is 1. The summed E-state index contributed by atoms with van der Waals surface area (Å²) in [7, 11) is 1.74. The van der Waals surface area contributed by atoms with Crippen molar-refractivity contribution in [3.8, 4) is 5.75 Å². The van der Waals surface area contributed by atoms with Gasteiger partial charge < -0.3 is 14.8 Å². The molecule has 0 bridgehead atoms. The fourth-order valence-corrected chi connectivity index (χ4v) is 2.28. The molecule has 16 heavy (non-hydrogen) atoms. The second-order valence-corrected chi connectivity index (χ2v) is 4.07. The van der Waals surface area contributed by atoms with E-state index in [1.54, 1.807) is 7.11 Å². The fraction of sp³-hybridized carbons (Fsp3) is 0.538. The lowest BCUT2D eigenvalue weighted by Gasteiger charge is -2.22. The molecule has 1 heterocycles. The van der Waals surface area contributed by atoms with Crippen LogP contribution in [0.25, 0.3) is 0 Å².